The van der Waals surface area contributed by atoms with Gasteiger partial charge in [0.25, 0.3) is 5.91 Å². The molecule has 7 nitrogen and oxygen atoms in total. The van der Waals surface area contributed by atoms with Gasteiger partial charge in [0.1, 0.15) is 5.75 Å². The maximum atomic E-state index is 12.2. The summed E-state index contributed by atoms with van der Waals surface area (Å²) in [4.78, 5) is 24.3. The van der Waals surface area contributed by atoms with Crippen LogP contribution in [0.15, 0.2) is 35.1 Å². The van der Waals surface area contributed by atoms with E-state index in [9.17, 15) is 9.59 Å². The highest BCUT2D eigenvalue weighted by Crippen LogP contribution is 2.18. The van der Waals surface area contributed by atoms with Gasteiger partial charge in [-0.15, -0.1) is 0 Å². The largest absolute Gasteiger partial charge is 0.497 e. The van der Waals surface area contributed by atoms with Crippen molar-refractivity contribution < 1.29 is 14.3 Å². The molecule has 128 valence electrons. The Bertz CT molecular complexity index is 766. The van der Waals surface area contributed by atoms with E-state index in [1.54, 1.807) is 31.4 Å². The maximum absolute atomic E-state index is 12.2. The van der Waals surface area contributed by atoms with E-state index in [-0.39, 0.29) is 17.5 Å². The minimum atomic E-state index is -0.501. The van der Waals surface area contributed by atoms with E-state index in [0.29, 0.717) is 18.0 Å². The smallest absolute Gasteiger partial charge is 0.275 e. The summed E-state index contributed by atoms with van der Waals surface area (Å²) >= 11 is 0. The van der Waals surface area contributed by atoms with Crippen LogP contribution in [0.3, 0.4) is 0 Å². The van der Waals surface area contributed by atoms with Gasteiger partial charge in [0.2, 0.25) is 11.3 Å². The number of carbonyl (C=O) groups is 1. The van der Waals surface area contributed by atoms with Gasteiger partial charge in [0.15, 0.2) is 5.69 Å². The Balaban J connectivity index is 2.44. The summed E-state index contributed by atoms with van der Waals surface area (Å²) in [5.41, 5.74) is -0.0179. The fourth-order valence-corrected chi connectivity index (χ4v) is 2.03. The van der Waals surface area contributed by atoms with Gasteiger partial charge >= 0.3 is 0 Å². The molecule has 0 spiro atoms. The van der Waals surface area contributed by atoms with Gasteiger partial charge in [0.05, 0.1) is 26.0 Å². The molecule has 0 saturated carbocycles. The summed E-state index contributed by atoms with van der Waals surface area (Å²) in [5, 5.41) is 6.87. The van der Waals surface area contributed by atoms with Crippen LogP contribution in [0, 0.1) is 5.92 Å². The van der Waals surface area contributed by atoms with Crippen molar-refractivity contribution in [1.29, 1.82) is 0 Å². The third kappa shape index (κ3) is 3.92. The molecule has 0 bridgehead atoms. The molecule has 0 aliphatic heterocycles. The van der Waals surface area contributed by atoms with E-state index in [1.165, 1.54) is 17.9 Å². The molecule has 24 heavy (non-hydrogen) atoms. The Hall–Kier alpha value is -2.83. The minimum absolute atomic E-state index is 0.174. The zero-order valence-electron chi connectivity index (χ0n) is 14.2. The number of carbonyl (C=O) groups excluding carboxylic acids is 1. The van der Waals surface area contributed by atoms with Gasteiger partial charge in [-0.2, -0.15) is 5.10 Å². The first-order valence-corrected chi connectivity index (χ1v) is 7.57. The van der Waals surface area contributed by atoms with Crippen LogP contribution in [0.1, 0.15) is 24.3 Å². The second kappa shape index (κ2) is 7.63. The number of hydrogen-bond donors (Lipinski definition) is 1. The molecule has 1 heterocycles. The van der Waals surface area contributed by atoms with Crippen LogP contribution in [-0.4, -0.2) is 36.5 Å². The predicted octanol–water partition coefficient (Wildman–Crippen LogP) is 1.64. The van der Waals surface area contributed by atoms with Crippen molar-refractivity contribution in [3.05, 3.63) is 46.2 Å². The first-order chi connectivity index (χ1) is 11.5. The number of rotatable bonds is 6. The number of aromatic nitrogens is 2. The van der Waals surface area contributed by atoms with Crippen molar-refractivity contribution in [3.63, 3.8) is 0 Å². The molecule has 0 saturated heterocycles. The Labute approximate surface area is 140 Å². The summed E-state index contributed by atoms with van der Waals surface area (Å²) in [7, 11) is 3.01. The van der Waals surface area contributed by atoms with Crippen molar-refractivity contribution in [1.82, 2.24) is 15.1 Å². The maximum Gasteiger partial charge on any atom is 0.275 e. The van der Waals surface area contributed by atoms with E-state index < -0.39 is 11.3 Å². The quantitative estimate of drug-likeness (QED) is 0.870. The molecule has 0 unspecified atom stereocenters. The Morgan fingerprint density at radius 1 is 1.21 bits per heavy atom. The lowest BCUT2D eigenvalue weighted by Crippen LogP contribution is -2.33. The van der Waals surface area contributed by atoms with Crippen LogP contribution >= 0.6 is 0 Å². The lowest BCUT2D eigenvalue weighted by atomic mass is 10.2. The van der Waals surface area contributed by atoms with Crippen LogP contribution < -0.4 is 20.2 Å². The molecule has 0 aliphatic rings. The standard InChI is InChI=1S/C17H21N3O4/c1-11(2)10-18-17(22)16-14(21)9-15(24-4)20(19-16)12-5-7-13(23-3)8-6-12/h5-9,11H,10H2,1-4H3,(H,18,22). The topological polar surface area (TPSA) is 82.5 Å². The van der Waals surface area contributed by atoms with Gasteiger partial charge in [-0.05, 0) is 30.2 Å². The third-order valence-electron chi connectivity index (χ3n) is 3.31. The molecule has 0 fully saturated rings. The van der Waals surface area contributed by atoms with Gasteiger partial charge in [-0.3, -0.25) is 9.59 Å². The first kappa shape index (κ1) is 17.5. The highest BCUT2D eigenvalue weighted by molar-refractivity contribution is 5.92. The molecular formula is C17H21N3O4. The van der Waals surface area contributed by atoms with Crippen molar-refractivity contribution in [2.75, 3.05) is 20.8 Å². The number of hydrogen-bond acceptors (Lipinski definition) is 5. The molecule has 2 aromatic rings. The lowest BCUT2D eigenvalue weighted by molar-refractivity contribution is 0.0940. The summed E-state index contributed by atoms with van der Waals surface area (Å²) in [5.74, 6) is 0.703. The van der Waals surface area contributed by atoms with Crippen molar-refractivity contribution >= 4 is 5.91 Å². The normalized spacial score (nSPS) is 10.5. The van der Waals surface area contributed by atoms with E-state index in [4.69, 9.17) is 9.47 Å². The Kier molecular flexibility index (Phi) is 5.57. The van der Waals surface area contributed by atoms with Gasteiger partial charge in [-0.25, -0.2) is 4.68 Å². The van der Waals surface area contributed by atoms with Gasteiger partial charge < -0.3 is 14.8 Å². The predicted molar refractivity (Wildman–Crippen MR) is 90.1 cm³/mol. The fourth-order valence-electron chi connectivity index (χ4n) is 2.03. The van der Waals surface area contributed by atoms with Gasteiger partial charge in [-0.1, -0.05) is 13.8 Å². The van der Waals surface area contributed by atoms with E-state index in [0.717, 1.165) is 0 Å². The average Bonchev–Trinajstić information content (AvgIpc) is 2.59. The van der Waals surface area contributed by atoms with Crippen molar-refractivity contribution in [3.8, 4) is 17.3 Å². The summed E-state index contributed by atoms with van der Waals surface area (Å²) in [6.45, 7) is 4.41. The number of benzene rings is 1. The third-order valence-corrected chi connectivity index (χ3v) is 3.31. The molecule has 1 amide bonds. The van der Waals surface area contributed by atoms with E-state index >= 15 is 0 Å². The molecule has 0 aliphatic carbocycles. The number of ether oxygens (including phenoxy) is 2. The van der Waals surface area contributed by atoms with Gasteiger partial charge in [0, 0.05) is 6.54 Å². The molecule has 1 aromatic heterocycles. The molecule has 2 rings (SSSR count). The van der Waals surface area contributed by atoms with Crippen LogP contribution in [0.4, 0.5) is 0 Å². The summed E-state index contributed by atoms with van der Waals surface area (Å²) in [6.07, 6.45) is 0. The number of nitrogens with one attached hydrogen (secondary N) is 1. The highest BCUT2D eigenvalue weighted by atomic mass is 16.5. The summed E-state index contributed by atoms with van der Waals surface area (Å²) < 4.78 is 11.7. The Morgan fingerprint density at radius 2 is 1.88 bits per heavy atom. The molecule has 1 N–H and O–H groups in total. The minimum Gasteiger partial charge on any atom is -0.497 e. The Morgan fingerprint density at radius 3 is 2.42 bits per heavy atom. The molecule has 7 heteroatoms. The van der Waals surface area contributed by atoms with Crippen LogP contribution in [0.2, 0.25) is 0 Å². The van der Waals surface area contributed by atoms with Crippen molar-refractivity contribution in [2.45, 2.75) is 13.8 Å². The monoisotopic (exact) mass is 331 g/mol. The van der Waals surface area contributed by atoms with Crippen LogP contribution in [0.25, 0.3) is 5.69 Å². The van der Waals surface area contributed by atoms with E-state index in [1.807, 2.05) is 13.8 Å². The second-order valence-corrected chi connectivity index (χ2v) is 5.61. The fraction of sp³-hybridized carbons (Fsp3) is 0.353. The highest BCUT2D eigenvalue weighted by Gasteiger charge is 2.17. The lowest BCUT2D eigenvalue weighted by Gasteiger charge is -2.13. The molecule has 0 radical (unpaired) electrons. The average molecular weight is 331 g/mol. The molecule has 1 aromatic carbocycles. The SMILES string of the molecule is COc1ccc(-n2nc(C(=O)NCC(C)C)c(=O)cc2OC)cc1. The second-order valence-electron chi connectivity index (χ2n) is 5.61. The zero-order chi connectivity index (χ0) is 17.7. The zero-order valence-corrected chi connectivity index (χ0v) is 14.2. The number of methoxy groups -OCH3 is 2. The number of nitrogens with zero attached hydrogens (tertiary/aromatic N) is 2. The van der Waals surface area contributed by atoms with E-state index in [2.05, 4.69) is 10.4 Å². The van der Waals surface area contributed by atoms with Crippen LogP contribution in [0.5, 0.6) is 11.6 Å². The molecule has 0 atom stereocenters. The summed E-state index contributed by atoms with van der Waals surface area (Å²) in [6, 6.07) is 8.28. The molecular weight excluding hydrogens is 310 g/mol. The van der Waals surface area contributed by atoms with Crippen molar-refractivity contribution in [2.24, 2.45) is 5.92 Å². The van der Waals surface area contributed by atoms with Crippen LogP contribution in [-0.2, 0) is 0 Å². The number of amides is 1. The first-order valence-electron chi connectivity index (χ1n) is 7.57.